The molecular formula is C23H17F4N5O. The summed E-state index contributed by atoms with van der Waals surface area (Å²) in [5.74, 6) is -0.160. The summed E-state index contributed by atoms with van der Waals surface area (Å²) in [7, 11) is 0. The summed E-state index contributed by atoms with van der Waals surface area (Å²) in [6.07, 6.45) is -3.44. The Hall–Kier alpha value is -3.95. The molecule has 0 saturated carbocycles. The Bertz CT molecular complexity index is 1270. The Kier molecular flexibility index (Phi) is 4.80. The van der Waals surface area contributed by atoms with Crippen LogP contribution < -0.4 is 10.5 Å². The number of amidine groups is 1. The van der Waals surface area contributed by atoms with E-state index in [0.29, 0.717) is 41.2 Å². The number of aliphatic imine (C=N–C) groups is 2. The molecule has 0 radical (unpaired) electrons. The maximum Gasteiger partial charge on any atom is 0.573 e. The molecule has 1 atom stereocenters. The third-order valence-corrected chi connectivity index (χ3v) is 5.58. The van der Waals surface area contributed by atoms with Gasteiger partial charge >= 0.3 is 6.36 Å². The van der Waals surface area contributed by atoms with E-state index in [1.54, 1.807) is 41.3 Å². The average molecular weight is 455 g/mol. The summed E-state index contributed by atoms with van der Waals surface area (Å²) >= 11 is 0. The van der Waals surface area contributed by atoms with Crippen LogP contribution in [0.1, 0.15) is 11.1 Å². The second kappa shape index (κ2) is 7.58. The van der Waals surface area contributed by atoms with Gasteiger partial charge in [-0.05, 0) is 47.0 Å². The fourth-order valence-corrected chi connectivity index (χ4v) is 4.23. The first-order valence-corrected chi connectivity index (χ1v) is 10.0. The van der Waals surface area contributed by atoms with Crippen LogP contribution in [0.25, 0.3) is 11.1 Å². The van der Waals surface area contributed by atoms with Crippen molar-refractivity contribution in [3.8, 4) is 16.9 Å². The van der Waals surface area contributed by atoms with Crippen LogP contribution >= 0.6 is 0 Å². The van der Waals surface area contributed by atoms with E-state index in [9.17, 15) is 17.6 Å². The van der Waals surface area contributed by atoms with Crippen LogP contribution in [-0.2, 0) is 5.54 Å². The van der Waals surface area contributed by atoms with Gasteiger partial charge in [-0.2, -0.15) is 4.39 Å². The molecule has 0 spiro atoms. The first kappa shape index (κ1) is 20.9. The van der Waals surface area contributed by atoms with Crippen molar-refractivity contribution in [1.82, 2.24) is 9.88 Å². The molecule has 6 nitrogen and oxygen atoms in total. The molecule has 0 aliphatic carbocycles. The van der Waals surface area contributed by atoms with Gasteiger partial charge in [0.1, 0.15) is 11.6 Å². The van der Waals surface area contributed by atoms with Gasteiger partial charge in [-0.25, -0.2) is 9.98 Å². The Labute approximate surface area is 186 Å². The number of aromatic nitrogens is 1. The Balaban J connectivity index is 1.66. The lowest BCUT2D eigenvalue weighted by molar-refractivity contribution is -0.274. The average Bonchev–Trinajstić information content (AvgIpc) is 3.37. The number of nitrogens with two attached hydrogens (primary N) is 1. The van der Waals surface area contributed by atoms with Gasteiger partial charge in [-0.3, -0.25) is 9.89 Å². The van der Waals surface area contributed by atoms with E-state index in [4.69, 9.17) is 10.7 Å². The molecule has 3 heterocycles. The number of hydrogen-bond donors (Lipinski definition) is 1. The monoisotopic (exact) mass is 455 g/mol. The largest absolute Gasteiger partial charge is 0.573 e. The molecule has 0 bridgehead atoms. The first-order valence-electron chi connectivity index (χ1n) is 10.0. The van der Waals surface area contributed by atoms with Crippen molar-refractivity contribution in [2.45, 2.75) is 11.9 Å². The molecule has 0 fully saturated rings. The van der Waals surface area contributed by atoms with Gasteiger partial charge in [0.15, 0.2) is 11.5 Å². The van der Waals surface area contributed by atoms with E-state index in [1.165, 1.54) is 30.5 Å². The van der Waals surface area contributed by atoms with E-state index in [2.05, 4.69) is 14.7 Å². The number of halogens is 4. The van der Waals surface area contributed by atoms with E-state index < -0.39 is 17.8 Å². The van der Waals surface area contributed by atoms with E-state index >= 15 is 0 Å². The maximum atomic E-state index is 14.4. The van der Waals surface area contributed by atoms with Crippen molar-refractivity contribution in [2.24, 2.45) is 15.7 Å². The highest BCUT2D eigenvalue weighted by Gasteiger charge is 2.50. The predicted molar refractivity (Wildman–Crippen MR) is 114 cm³/mol. The van der Waals surface area contributed by atoms with Gasteiger partial charge in [0.25, 0.3) is 0 Å². The summed E-state index contributed by atoms with van der Waals surface area (Å²) in [5.41, 5.74) is 7.07. The number of pyridine rings is 1. The van der Waals surface area contributed by atoms with Gasteiger partial charge in [0.2, 0.25) is 5.95 Å². The molecule has 2 N–H and O–H groups in total. The maximum absolute atomic E-state index is 14.4. The number of nitrogens with zero attached hydrogens (tertiary/aromatic N) is 4. The number of alkyl halides is 3. The van der Waals surface area contributed by atoms with Crippen LogP contribution in [0.15, 0.2) is 76.8 Å². The number of benzene rings is 2. The van der Waals surface area contributed by atoms with Crippen LogP contribution in [0.4, 0.5) is 17.6 Å². The zero-order chi connectivity index (χ0) is 23.2. The van der Waals surface area contributed by atoms with Crippen molar-refractivity contribution >= 4 is 11.8 Å². The topological polar surface area (TPSA) is 76.1 Å². The van der Waals surface area contributed by atoms with Crippen molar-refractivity contribution < 1.29 is 22.3 Å². The highest BCUT2D eigenvalue weighted by Crippen LogP contribution is 2.43. The smallest absolute Gasteiger partial charge is 0.406 e. The molecule has 33 heavy (non-hydrogen) atoms. The third kappa shape index (κ3) is 3.57. The number of rotatable bonds is 4. The van der Waals surface area contributed by atoms with Gasteiger partial charge < -0.3 is 10.5 Å². The summed E-state index contributed by atoms with van der Waals surface area (Å²) in [5, 5.41) is 0. The molecule has 0 amide bonds. The summed E-state index contributed by atoms with van der Waals surface area (Å²) in [4.78, 5) is 14.8. The number of hydrogen-bond acceptors (Lipinski definition) is 6. The third-order valence-electron chi connectivity index (χ3n) is 5.58. The summed E-state index contributed by atoms with van der Waals surface area (Å²) < 4.78 is 56.2. The molecule has 1 aromatic heterocycles. The molecule has 10 heteroatoms. The zero-order valence-electron chi connectivity index (χ0n) is 17.1. The lowest BCUT2D eigenvalue weighted by atomic mass is 9.81. The van der Waals surface area contributed by atoms with Gasteiger partial charge in [-0.1, -0.05) is 30.3 Å². The fraction of sp³-hybridized carbons (Fsp3) is 0.174. The van der Waals surface area contributed by atoms with Gasteiger partial charge in [0.05, 0.1) is 6.54 Å². The fourth-order valence-electron chi connectivity index (χ4n) is 4.23. The second-order valence-electron chi connectivity index (χ2n) is 7.53. The minimum atomic E-state index is -4.80. The van der Waals surface area contributed by atoms with Crippen LogP contribution in [-0.4, -0.2) is 41.1 Å². The van der Waals surface area contributed by atoms with E-state index in [-0.39, 0.29) is 11.7 Å². The molecule has 2 aliphatic heterocycles. The van der Waals surface area contributed by atoms with E-state index in [1.807, 2.05) is 0 Å². The van der Waals surface area contributed by atoms with Crippen molar-refractivity contribution in [2.75, 3.05) is 13.1 Å². The highest BCUT2D eigenvalue weighted by atomic mass is 19.4. The van der Waals surface area contributed by atoms with Crippen LogP contribution in [0.5, 0.6) is 5.75 Å². The molecule has 1 unspecified atom stereocenters. The quantitative estimate of drug-likeness (QED) is 0.475. The molecule has 3 aromatic rings. The molecule has 2 aliphatic rings. The number of fused-ring (bicyclic) bond motifs is 1. The van der Waals surface area contributed by atoms with Crippen molar-refractivity contribution in [1.29, 1.82) is 0 Å². The normalized spacial score (nSPS) is 19.8. The minimum Gasteiger partial charge on any atom is -0.406 e. The van der Waals surface area contributed by atoms with E-state index in [0.717, 1.165) is 0 Å². The summed E-state index contributed by atoms with van der Waals surface area (Å²) in [6.45, 7) is 1.04. The predicted octanol–water partition coefficient (Wildman–Crippen LogP) is 4.07. The van der Waals surface area contributed by atoms with Crippen LogP contribution in [0.2, 0.25) is 0 Å². The molecule has 5 rings (SSSR count). The van der Waals surface area contributed by atoms with Crippen LogP contribution in [0.3, 0.4) is 0 Å². The number of ether oxygens (including phenoxy) is 1. The molecule has 168 valence electrons. The van der Waals surface area contributed by atoms with Crippen molar-refractivity contribution in [3.63, 3.8) is 0 Å². The molecule has 0 saturated heterocycles. The lowest BCUT2D eigenvalue weighted by Gasteiger charge is -2.29. The lowest BCUT2D eigenvalue weighted by Crippen LogP contribution is -2.41. The minimum absolute atomic E-state index is 0.250. The Morgan fingerprint density at radius 1 is 1.00 bits per heavy atom. The van der Waals surface area contributed by atoms with Gasteiger partial charge in [-0.15, -0.1) is 13.2 Å². The van der Waals surface area contributed by atoms with Crippen molar-refractivity contribution in [3.05, 3.63) is 83.9 Å². The number of guanidine groups is 1. The second-order valence-corrected chi connectivity index (χ2v) is 7.53. The molecular weight excluding hydrogens is 438 g/mol. The standard InChI is InChI=1S/C23H17F4N5O/c24-19-18(5-2-10-29-19)14-3-1-4-16(13-14)22(20-30-11-12-32(20)21(28)31-22)15-6-8-17(9-7-15)33-23(25,26)27/h1-10,13H,11-12H2,(H2,28,31). The van der Waals surface area contributed by atoms with Crippen LogP contribution in [0, 0.1) is 5.95 Å². The highest BCUT2D eigenvalue weighted by molar-refractivity contribution is 6.12. The SMILES string of the molecule is NC1=NC(c2ccc(OC(F)(F)F)cc2)(c2cccc(-c3cccnc3F)c2)C2=NCCN12. The zero-order valence-corrected chi connectivity index (χ0v) is 17.1. The Morgan fingerprint density at radius 3 is 2.52 bits per heavy atom. The Morgan fingerprint density at radius 2 is 1.79 bits per heavy atom. The summed E-state index contributed by atoms with van der Waals surface area (Å²) in [6, 6.07) is 15.8. The molecule has 2 aromatic carbocycles. The first-order chi connectivity index (χ1) is 15.8. The van der Waals surface area contributed by atoms with Gasteiger partial charge in [0, 0.05) is 18.3 Å².